The minimum atomic E-state index is 0.669. The van der Waals surface area contributed by atoms with Crippen molar-refractivity contribution in [3.05, 3.63) is 22.7 Å². The van der Waals surface area contributed by atoms with E-state index in [9.17, 15) is 0 Å². The van der Waals surface area contributed by atoms with Gasteiger partial charge in [0.25, 0.3) is 0 Å². The zero-order valence-corrected chi connectivity index (χ0v) is 11.5. The number of nitrogens with two attached hydrogens (primary N) is 1. The summed E-state index contributed by atoms with van der Waals surface area (Å²) < 4.78 is 6.64. The Labute approximate surface area is 106 Å². The summed E-state index contributed by atoms with van der Waals surface area (Å²) in [5.41, 5.74) is 6.49. The molecule has 0 bridgehead atoms. The van der Waals surface area contributed by atoms with Crippen LogP contribution in [0.15, 0.2) is 22.7 Å². The third-order valence-corrected chi connectivity index (χ3v) is 3.03. The Morgan fingerprint density at radius 1 is 1.31 bits per heavy atom. The largest absolute Gasteiger partial charge is 0.490 e. The molecule has 0 spiro atoms. The molecule has 0 heterocycles. The molecule has 16 heavy (non-hydrogen) atoms. The monoisotopic (exact) mass is 286 g/mol. The van der Waals surface area contributed by atoms with Gasteiger partial charge < -0.3 is 15.4 Å². The molecular weight excluding hydrogens is 268 g/mol. The Kier molecular flexibility index (Phi) is 5.63. The zero-order valence-electron chi connectivity index (χ0n) is 9.87. The third kappa shape index (κ3) is 4.02. The van der Waals surface area contributed by atoms with Crippen LogP contribution in [0, 0.1) is 0 Å². The van der Waals surface area contributed by atoms with E-state index in [2.05, 4.69) is 34.7 Å². The number of hydrogen-bond acceptors (Lipinski definition) is 3. The summed E-state index contributed by atoms with van der Waals surface area (Å²) in [7, 11) is 0. The molecule has 1 aromatic carbocycles. The number of hydrogen-bond donors (Lipinski definition) is 1. The number of nitrogen functional groups attached to an aromatic ring is 1. The summed E-state index contributed by atoms with van der Waals surface area (Å²) >= 11 is 3.40. The van der Waals surface area contributed by atoms with Gasteiger partial charge in [-0.25, -0.2) is 0 Å². The van der Waals surface area contributed by atoms with Gasteiger partial charge in [-0.3, -0.25) is 0 Å². The first-order valence-electron chi connectivity index (χ1n) is 5.57. The molecule has 3 nitrogen and oxygen atoms in total. The van der Waals surface area contributed by atoms with Crippen molar-refractivity contribution in [1.29, 1.82) is 0 Å². The predicted octanol–water partition coefficient (Wildman–Crippen LogP) is 2.75. The van der Waals surface area contributed by atoms with Crippen LogP contribution in [0.2, 0.25) is 0 Å². The van der Waals surface area contributed by atoms with Gasteiger partial charge in [0.2, 0.25) is 0 Å². The van der Waals surface area contributed by atoms with Gasteiger partial charge in [-0.2, -0.15) is 0 Å². The maximum absolute atomic E-state index is 5.81. The molecule has 0 aliphatic heterocycles. The lowest BCUT2D eigenvalue weighted by Crippen LogP contribution is -2.28. The van der Waals surface area contributed by atoms with Crippen LogP contribution >= 0.6 is 15.9 Å². The van der Waals surface area contributed by atoms with E-state index in [-0.39, 0.29) is 0 Å². The Morgan fingerprint density at radius 2 is 2.00 bits per heavy atom. The molecule has 0 aromatic heterocycles. The first-order valence-corrected chi connectivity index (χ1v) is 6.36. The van der Waals surface area contributed by atoms with Gasteiger partial charge in [0.15, 0.2) is 0 Å². The van der Waals surface area contributed by atoms with Crippen LogP contribution < -0.4 is 10.5 Å². The molecule has 0 saturated heterocycles. The molecule has 0 atom stereocenters. The molecule has 1 aromatic rings. The number of nitrogens with zero attached hydrogens (tertiary/aromatic N) is 1. The Hall–Kier alpha value is -0.740. The number of likely N-dealkylation sites (N-methyl/N-ethyl adjacent to an activating group) is 1. The molecule has 0 amide bonds. The summed E-state index contributed by atoms with van der Waals surface area (Å²) in [6.45, 7) is 8.00. The lowest BCUT2D eigenvalue weighted by Gasteiger charge is -2.18. The van der Waals surface area contributed by atoms with Gasteiger partial charge in [0.1, 0.15) is 12.4 Å². The van der Waals surface area contributed by atoms with Crippen LogP contribution in [-0.4, -0.2) is 31.1 Å². The first-order chi connectivity index (χ1) is 7.67. The highest BCUT2D eigenvalue weighted by atomic mass is 79.9. The van der Waals surface area contributed by atoms with E-state index in [1.54, 1.807) is 0 Å². The fourth-order valence-electron chi connectivity index (χ4n) is 1.46. The second kappa shape index (κ2) is 6.76. The maximum atomic E-state index is 5.81. The lowest BCUT2D eigenvalue weighted by molar-refractivity contribution is 0.223. The van der Waals surface area contributed by atoms with Crippen molar-refractivity contribution in [2.24, 2.45) is 0 Å². The van der Waals surface area contributed by atoms with E-state index in [4.69, 9.17) is 10.5 Å². The Morgan fingerprint density at radius 3 is 2.62 bits per heavy atom. The normalized spacial score (nSPS) is 10.8. The van der Waals surface area contributed by atoms with Crippen LogP contribution in [0.4, 0.5) is 5.69 Å². The van der Waals surface area contributed by atoms with E-state index < -0.39 is 0 Å². The minimum absolute atomic E-state index is 0.669. The quantitative estimate of drug-likeness (QED) is 0.818. The molecule has 0 fully saturated rings. The highest BCUT2D eigenvalue weighted by molar-refractivity contribution is 9.10. The van der Waals surface area contributed by atoms with Gasteiger partial charge in [0.05, 0.1) is 5.69 Å². The van der Waals surface area contributed by atoms with Crippen LogP contribution in [0.3, 0.4) is 0 Å². The van der Waals surface area contributed by atoms with Crippen molar-refractivity contribution >= 4 is 21.6 Å². The van der Waals surface area contributed by atoms with Gasteiger partial charge in [0, 0.05) is 11.0 Å². The van der Waals surface area contributed by atoms with E-state index in [1.807, 2.05) is 18.2 Å². The average Bonchev–Trinajstić information content (AvgIpc) is 2.29. The molecule has 1 rings (SSSR count). The molecular formula is C12H19BrN2O. The number of anilines is 1. The van der Waals surface area contributed by atoms with Crippen molar-refractivity contribution < 1.29 is 4.74 Å². The minimum Gasteiger partial charge on any atom is -0.490 e. The lowest BCUT2D eigenvalue weighted by atomic mass is 10.3. The number of benzene rings is 1. The maximum Gasteiger partial charge on any atom is 0.143 e. The van der Waals surface area contributed by atoms with Crippen molar-refractivity contribution in [3.8, 4) is 5.75 Å². The SMILES string of the molecule is CCN(CC)CCOc1cc(Br)ccc1N. The number of ether oxygens (including phenoxy) is 1. The Balaban J connectivity index is 2.45. The number of halogens is 1. The van der Waals surface area contributed by atoms with Crippen LogP contribution in [0.1, 0.15) is 13.8 Å². The third-order valence-electron chi connectivity index (χ3n) is 2.54. The molecule has 0 radical (unpaired) electrons. The summed E-state index contributed by atoms with van der Waals surface area (Å²) in [6.07, 6.45) is 0. The second-order valence-corrected chi connectivity index (χ2v) is 4.47. The van der Waals surface area contributed by atoms with E-state index in [0.717, 1.165) is 29.9 Å². The molecule has 0 unspecified atom stereocenters. The van der Waals surface area contributed by atoms with E-state index >= 15 is 0 Å². The average molecular weight is 287 g/mol. The highest BCUT2D eigenvalue weighted by Gasteiger charge is 2.03. The van der Waals surface area contributed by atoms with Crippen LogP contribution in [0.5, 0.6) is 5.75 Å². The molecule has 0 saturated carbocycles. The van der Waals surface area contributed by atoms with Crippen molar-refractivity contribution in [2.45, 2.75) is 13.8 Å². The molecule has 2 N–H and O–H groups in total. The molecule has 4 heteroatoms. The van der Waals surface area contributed by atoms with Gasteiger partial charge >= 0.3 is 0 Å². The van der Waals surface area contributed by atoms with Gasteiger partial charge in [-0.15, -0.1) is 0 Å². The van der Waals surface area contributed by atoms with Gasteiger partial charge in [-0.05, 0) is 31.3 Å². The zero-order chi connectivity index (χ0) is 12.0. The van der Waals surface area contributed by atoms with Crippen molar-refractivity contribution in [2.75, 3.05) is 32.0 Å². The summed E-state index contributed by atoms with van der Waals surface area (Å²) in [4.78, 5) is 2.31. The Bertz CT molecular complexity index is 327. The summed E-state index contributed by atoms with van der Waals surface area (Å²) in [6, 6.07) is 5.65. The van der Waals surface area contributed by atoms with Crippen molar-refractivity contribution in [3.63, 3.8) is 0 Å². The molecule has 0 aliphatic carbocycles. The van der Waals surface area contributed by atoms with Gasteiger partial charge in [-0.1, -0.05) is 29.8 Å². The van der Waals surface area contributed by atoms with Crippen LogP contribution in [-0.2, 0) is 0 Å². The van der Waals surface area contributed by atoms with Crippen LogP contribution in [0.25, 0.3) is 0 Å². The highest BCUT2D eigenvalue weighted by Crippen LogP contribution is 2.25. The van der Waals surface area contributed by atoms with E-state index in [0.29, 0.717) is 12.3 Å². The summed E-state index contributed by atoms with van der Waals surface area (Å²) in [5.74, 6) is 0.751. The standard InChI is InChI=1S/C12H19BrN2O/c1-3-15(4-2)7-8-16-12-9-10(13)5-6-11(12)14/h5-6,9H,3-4,7-8,14H2,1-2H3. The first kappa shape index (κ1) is 13.3. The fraction of sp³-hybridized carbons (Fsp3) is 0.500. The second-order valence-electron chi connectivity index (χ2n) is 3.56. The summed E-state index contributed by atoms with van der Waals surface area (Å²) in [5, 5.41) is 0. The molecule has 0 aliphatic rings. The smallest absolute Gasteiger partial charge is 0.143 e. The predicted molar refractivity (Wildman–Crippen MR) is 71.8 cm³/mol. The van der Waals surface area contributed by atoms with E-state index in [1.165, 1.54) is 0 Å². The van der Waals surface area contributed by atoms with Crippen molar-refractivity contribution in [1.82, 2.24) is 4.90 Å². The fourth-order valence-corrected chi connectivity index (χ4v) is 1.80. The topological polar surface area (TPSA) is 38.5 Å². The number of rotatable bonds is 6. The molecule has 90 valence electrons.